The van der Waals surface area contributed by atoms with Gasteiger partial charge in [-0.25, -0.2) is 19.3 Å². The monoisotopic (exact) mass is 954 g/mol. The summed E-state index contributed by atoms with van der Waals surface area (Å²) in [6.45, 7) is 6.79. The molecule has 1 unspecified atom stereocenters. The first-order valence-corrected chi connectivity index (χ1v) is 22.7. The molecule has 66 heavy (non-hydrogen) atoms. The zero-order valence-corrected chi connectivity index (χ0v) is 39.5. The molecule has 20 heteroatoms. The van der Waals surface area contributed by atoms with Crippen LogP contribution < -0.4 is 19.9 Å². The van der Waals surface area contributed by atoms with Crippen molar-refractivity contribution in [3.63, 3.8) is 0 Å². The number of fused-ring (bicyclic) bond motifs is 5. The summed E-state index contributed by atoms with van der Waals surface area (Å²) in [6.07, 6.45) is 0.106. The number of likely N-dealkylation sites (N-methyl/N-ethyl adjacent to an activating group) is 1. The van der Waals surface area contributed by atoms with E-state index in [1.807, 2.05) is 13.0 Å². The van der Waals surface area contributed by atoms with Gasteiger partial charge in [0.05, 0.1) is 41.8 Å². The molecule has 0 saturated carbocycles. The van der Waals surface area contributed by atoms with E-state index in [-0.39, 0.29) is 41.3 Å². The number of halogens is 1. The van der Waals surface area contributed by atoms with E-state index < -0.39 is 101 Å². The third-order valence-corrected chi connectivity index (χ3v) is 14.2. The first-order chi connectivity index (χ1) is 31.1. The van der Waals surface area contributed by atoms with Crippen molar-refractivity contribution in [2.75, 3.05) is 43.9 Å². The molecule has 3 saturated heterocycles. The summed E-state index contributed by atoms with van der Waals surface area (Å²) in [5.74, 6) is -4.04. The van der Waals surface area contributed by atoms with E-state index in [1.54, 1.807) is 38.1 Å². The summed E-state index contributed by atoms with van der Waals surface area (Å²) in [6, 6.07) is 7.73. The maximum atomic E-state index is 14.3. The molecule has 4 aliphatic rings. The quantitative estimate of drug-likeness (QED) is 0.158. The fraction of sp³-hybridized carbons (Fsp3) is 0.500. The number of imide groups is 1. The van der Waals surface area contributed by atoms with Crippen molar-refractivity contribution in [2.24, 2.45) is 5.92 Å². The Kier molecular flexibility index (Phi) is 15.3. The van der Waals surface area contributed by atoms with Crippen LogP contribution in [-0.4, -0.2) is 138 Å². The second-order valence-corrected chi connectivity index (χ2v) is 18.8. The van der Waals surface area contributed by atoms with E-state index in [4.69, 9.17) is 35.3 Å². The van der Waals surface area contributed by atoms with Crippen molar-refractivity contribution in [2.45, 2.75) is 107 Å². The number of rotatable bonds is 11. The van der Waals surface area contributed by atoms with E-state index in [1.165, 1.54) is 69.3 Å². The summed E-state index contributed by atoms with van der Waals surface area (Å²) in [5, 5.41) is 22.9. The normalized spacial score (nSPS) is 29.7. The molecule has 6 rings (SSSR count). The zero-order valence-electron chi connectivity index (χ0n) is 37.9. The van der Waals surface area contributed by atoms with Gasteiger partial charge in [-0.15, -0.1) is 11.8 Å². The Morgan fingerprint density at radius 3 is 2.44 bits per heavy atom. The number of nitrogens with one attached hydrogen (secondary N) is 1. The number of benzene rings is 2. The highest BCUT2D eigenvalue weighted by molar-refractivity contribution is 8.00. The molecule has 2 aromatic carbocycles. The number of hydrogen-bond acceptors (Lipinski definition) is 14. The number of carboxylic acid groups (broad SMARTS) is 1. The molecule has 0 aliphatic carbocycles. The number of hydrogen-bond donors (Lipinski definition) is 3. The zero-order chi connectivity index (χ0) is 48.4. The number of esters is 1. The minimum absolute atomic E-state index is 0.00311. The number of methoxy groups -OCH3 is 2. The highest BCUT2D eigenvalue weighted by Gasteiger charge is 2.64. The van der Waals surface area contributed by atoms with Crippen LogP contribution in [0.25, 0.3) is 0 Å². The lowest BCUT2D eigenvalue weighted by Gasteiger charge is -2.42. The maximum Gasteiger partial charge on any atom is 0.409 e. The smallest absolute Gasteiger partial charge is 0.409 e. The molecule has 0 aromatic heterocycles. The average molecular weight is 955 g/mol. The van der Waals surface area contributed by atoms with Crippen LogP contribution in [0.15, 0.2) is 60.2 Å². The minimum Gasteiger partial charge on any atom is -0.495 e. The summed E-state index contributed by atoms with van der Waals surface area (Å²) in [5.41, 5.74) is -0.963. The van der Waals surface area contributed by atoms with E-state index in [0.717, 1.165) is 27.8 Å². The van der Waals surface area contributed by atoms with Crippen molar-refractivity contribution in [3.8, 4) is 5.75 Å². The van der Waals surface area contributed by atoms with E-state index in [9.17, 15) is 43.8 Å². The number of aromatic carboxylic acids is 1. The summed E-state index contributed by atoms with van der Waals surface area (Å²) < 4.78 is 29.3. The van der Waals surface area contributed by atoms with Gasteiger partial charge in [0.2, 0.25) is 23.6 Å². The molecule has 3 fully saturated rings. The number of epoxide rings is 1. The van der Waals surface area contributed by atoms with Crippen LogP contribution in [0.3, 0.4) is 0 Å². The fourth-order valence-electron chi connectivity index (χ4n) is 8.44. The van der Waals surface area contributed by atoms with E-state index in [0.29, 0.717) is 17.9 Å². The molecule has 4 heterocycles. The number of carbonyl (C=O) groups excluding carboxylic acids is 6. The maximum absolute atomic E-state index is 14.3. The molecule has 4 bridgehead atoms. The lowest BCUT2D eigenvalue weighted by atomic mass is 9.83. The number of allylic oxidation sites excluding steroid dienone is 3. The van der Waals surface area contributed by atoms with E-state index in [2.05, 4.69) is 5.32 Å². The molecule has 9 atom stereocenters. The van der Waals surface area contributed by atoms with Crippen molar-refractivity contribution < 1.29 is 67.5 Å². The largest absolute Gasteiger partial charge is 0.495 e. The van der Waals surface area contributed by atoms with Crippen molar-refractivity contribution in [1.29, 1.82) is 0 Å². The number of ether oxygens (including phenoxy) is 5. The second-order valence-electron chi connectivity index (χ2n) is 17.1. The Labute approximate surface area is 391 Å². The molecule has 3 N–H and O–H groups in total. The Hall–Kier alpha value is -5.47. The Morgan fingerprint density at radius 2 is 1.79 bits per heavy atom. The van der Waals surface area contributed by atoms with Crippen molar-refractivity contribution in [1.82, 2.24) is 10.2 Å². The van der Waals surface area contributed by atoms with Gasteiger partial charge in [0, 0.05) is 52.1 Å². The van der Waals surface area contributed by atoms with Crippen LogP contribution in [0.1, 0.15) is 69.3 Å². The SMILES string of the molecule is COc1cc2cc(c1Cl)N(C)C(=O)C[C@H](OC(=O)[C@H](C)N(C)C(=O)CCSC1CC(=O)N(c3ccc(C(=O)O)cc3)C1=O)[C@@]1(C)O[C@H]1[C@H](C)[C@@H]1C[C@@](O)(NC(=O)O1)[C@H](OC)/C=C/C=C(\C)C2. The number of carboxylic acids is 1. The second kappa shape index (κ2) is 20.2. The molecular weight excluding hydrogens is 900 g/mol. The lowest BCUT2D eigenvalue weighted by molar-refractivity contribution is -0.162. The van der Waals surface area contributed by atoms with Crippen LogP contribution in [-0.2, 0) is 49.3 Å². The van der Waals surface area contributed by atoms with Crippen LogP contribution in [0.2, 0.25) is 5.02 Å². The molecular formula is C46H55ClN4O14S. The molecule has 356 valence electrons. The third-order valence-electron chi connectivity index (χ3n) is 12.6. The number of aliphatic hydroxyl groups is 1. The average Bonchev–Trinajstić information content (AvgIpc) is 3.89. The predicted octanol–water partition coefficient (Wildman–Crippen LogP) is 4.67. The number of thioether (sulfide) groups is 1. The number of amides is 5. The first-order valence-electron chi connectivity index (χ1n) is 21.3. The predicted molar refractivity (Wildman–Crippen MR) is 242 cm³/mol. The summed E-state index contributed by atoms with van der Waals surface area (Å²) >= 11 is 7.91. The van der Waals surface area contributed by atoms with Gasteiger partial charge in [-0.1, -0.05) is 42.3 Å². The van der Waals surface area contributed by atoms with Crippen LogP contribution in [0.5, 0.6) is 5.75 Å². The Morgan fingerprint density at radius 1 is 1.09 bits per heavy atom. The van der Waals surface area contributed by atoms with Gasteiger partial charge in [0.25, 0.3) is 0 Å². The summed E-state index contributed by atoms with van der Waals surface area (Å²) in [4.78, 5) is 95.6. The highest BCUT2D eigenvalue weighted by atomic mass is 35.5. The van der Waals surface area contributed by atoms with Gasteiger partial charge in [-0.3, -0.25) is 24.5 Å². The van der Waals surface area contributed by atoms with Crippen LogP contribution in [0, 0.1) is 5.92 Å². The van der Waals surface area contributed by atoms with Gasteiger partial charge < -0.3 is 43.7 Å². The van der Waals surface area contributed by atoms with Gasteiger partial charge >= 0.3 is 18.0 Å². The Balaban J connectivity index is 1.20. The molecule has 18 nitrogen and oxygen atoms in total. The van der Waals surface area contributed by atoms with Crippen LogP contribution >= 0.6 is 23.4 Å². The van der Waals surface area contributed by atoms with Gasteiger partial charge in [-0.2, -0.15) is 0 Å². The van der Waals surface area contributed by atoms with Crippen molar-refractivity contribution >= 4 is 76.4 Å². The summed E-state index contributed by atoms with van der Waals surface area (Å²) in [7, 11) is 5.82. The van der Waals surface area contributed by atoms with E-state index >= 15 is 0 Å². The molecule has 5 amide bonds. The minimum atomic E-state index is -1.88. The number of carbonyl (C=O) groups is 7. The number of alkyl carbamates (subject to hydrolysis) is 1. The molecule has 0 radical (unpaired) electrons. The third kappa shape index (κ3) is 10.5. The van der Waals surface area contributed by atoms with Crippen LogP contribution in [0.4, 0.5) is 16.2 Å². The molecule has 0 spiro atoms. The lowest BCUT2D eigenvalue weighted by Crippen LogP contribution is -2.63. The number of anilines is 2. The fourth-order valence-corrected chi connectivity index (χ4v) is 9.84. The topological polar surface area (TPSA) is 231 Å². The van der Waals surface area contributed by atoms with Crippen molar-refractivity contribution in [3.05, 3.63) is 76.3 Å². The highest BCUT2D eigenvalue weighted by Crippen LogP contribution is 2.49. The molecule has 4 aliphatic heterocycles. The van der Waals surface area contributed by atoms with Gasteiger partial charge in [0.15, 0.2) is 5.72 Å². The first kappa shape index (κ1) is 50.0. The van der Waals surface area contributed by atoms with Gasteiger partial charge in [0.1, 0.15) is 40.7 Å². The number of nitrogens with zero attached hydrogens (tertiary/aromatic N) is 3. The standard InChI is InChI=1S/C46H55ClN4O14S/c1-24-10-9-11-34(62-8)46(60)23-32(63-44(59)48-46)25(2)40-45(4,65-40)35(22-37(53)50(6)30-19-27(18-24)20-31(61-7)39(30)47)64-43(58)26(3)49(5)36(52)16-17-66-33-21-38(54)51(41(33)55)29-14-12-28(13-15-29)42(56)57/h9-15,19-20,25-26,32-35,40,60H,16-18,21-23H2,1-8H3,(H,48,59)(H,56,57)/b11-9+,24-10+/t25-,26+,32+,33?,34-,35+,40+,45-,46+/m1/s1. The molecule has 2 aromatic rings. The Bertz CT molecular complexity index is 2330. The van der Waals surface area contributed by atoms with Gasteiger partial charge in [-0.05, 0) is 69.2 Å².